The topological polar surface area (TPSA) is 59.3 Å². The Labute approximate surface area is 142 Å². The third-order valence-corrected chi connectivity index (χ3v) is 4.05. The molecule has 0 heterocycles. The fraction of sp³-hybridized carbons (Fsp3) is 0.300. The third kappa shape index (κ3) is 4.36. The number of nitrogens with zero attached hydrogens (tertiary/aromatic N) is 1. The van der Waals surface area contributed by atoms with E-state index in [4.69, 9.17) is 14.7 Å². The Balaban J connectivity index is 1.92. The lowest BCUT2D eigenvalue weighted by Gasteiger charge is -2.20. The zero-order chi connectivity index (χ0) is 17.6. The van der Waals surface area contributed by atoms with Gasteiger partial charge in [0.15, 0.2) is 0 Å². The standard InChI is InChI=1S/C20H21NO3/c1-4-20(2,3)19(22)24-14-23-18-11-9-17(10-12-18)16-7-5-15(13-21)6-8-16/h5-12H,4,14H2,1-3H3. The van der Waals surface area contributed by atoms with Gasteiger partial charge in [-0.15, -0.1) is 0 Å². The molecule has 0 atom stereocenters. The Morgan fingerprint density at radius 3 is 2.08 bits per heavy atom. The largest absolute Gasteiger partial charge is 0.457 e. The van der Waals surface area contributed by atoms with Gasteiger partial charge >= 0.3 is 5.97 Å². The number of carbonyl (C=O) groups is 1. The van der Waals surface area contributed by atoms with Crippen molar-refractivity contribution in [3.05, 3.63) is 54.1 Å². The van der Waals surface area contributed by atoms with E-state index >= 15 is 0 Å². The second-order valence-electron chi connectivity index (χ2n) is 6.14. The van der Waals surface area contributed by atoms with Gasteiger partial charge in [0.1, 0.15) is 5.75 Å². The van der Waals surface area contributed by atoms with Crippen LogP contribution in [0.5, 0.6) is 5.75 Å². The van der Waals surface area contributed by atoms with E-state index in [1.807, 2.05) is 57.2 Å². The highest BCUT2D eigenvalue weighted by Gasteiger charge is 2.27. The lowest BCUT2D eigenvalue weighted by Crippen LogP contribution is -2.27. The molecular formula is C20H21NO3. The van der Waals surface area contributed by atoms with Crippen molar-refractivity contribution in [2.24, 2.45) is 5.41 Å². The van der Waals surface area contributed by atoms with E-state index in [0.717, 1.165) is 11.1 Å². The van der Waals surface area contributed by atoms with Crippen molar-refractivity contribution in [1.29, 1.82) is 5.26 Å². The Hall–Kier alpha value is -2.80. The maximum Gasteiger partial charge on any atom is 0.314 e. The first-order valence-corrected chi connectivity index (χ1v) is 7.87. The van der Waals surface area contributed by atoms with Gasteiger partial charge in [0.05, 0.1) is 17.0 Å². The van der Waals surface area contributed by atoms with Crippen LogP contribution in [0, 0.1) is 16.7 Å². The molecule has 4 heteroatoms. The van der Waals surface area contributed by atoms with Crippen LogP contribution in [0.4, 0.5) is 0 Å². The van der Waals surface area contributed by atoms with Crippen molar-refractivity contribution in [3.8, 4) is 22.9 Å². The minimum atomic E-state index is -0.497. The van der Waals surface area contributed by atoms with Crippen LogP contribution in [0.15, 0.2) is 48.5 Å². The zero-order valence-electron chi connectivity index (χ0n) is 14.2. The highest BCUT2D eigenvalue weighted by atomic mass is 16.7. The summed E-state index contributed by atoms with van der Waals surface area (Å²) in [6, 6.07) is 17.0. The Kier molecular flexibility index (Phi) is 5.59. The number of nitriles is 1. The summed E-state index contributed by atoms with van der Waals surface area (Å²) in [6.07, 6.45) is 0.713. The van der Waals surface area contributed by atoms with Crippen molar-refractivity contribution in [2.75, 3.05) is 6.79 Å². The van der Waals surface area contributed by atoms with Gasteiger partial charge in [-0.3, -0.25) is 4.79 Å². The molecule has 2 aromatic rings. The molecule has 0 aliphatic heterocycles. The molecule has 0 aliphatic carbocycles. The van der Waals surface area contributed by atoms with E-state index < -0.39 is 5.41 Å². The quantitative estimate of drug-likeness (QED) is 0.578. The first-order chi connectivity index (χ1) is 11.5. The summed E-state index contributed by atoms with van der Waals surface area (Å²) in [5, 5.41) is 8.82. The molecule has 4 nitrogen and oxygen atoms in total. The molecule has 0 radical (unpaired) electrons. The first-order valence-electron chi connectivity index (χ1n) is 7.87. The van der Waals surface area contributed by atoms with Crippen molar-refractivity contribution < 1.29 is 14.3 Å². The van der Waals surface area contributed by atoms with Crippen molar-refractivity contribution >= 4 is 5.97 Å². The summed E-state index contributed by atoms with van der Waals surface area (Å²) in [4.78, 5) is 11.9. The molecular weight excluding hydrogens is 302 g/mol. The average Bonchev–Trinajstić information content (AvgIpc) is 2.62. The lowest BCUT2D eigenvalue weighted by molar-refractivity contribution is -0.160. The number of benzene rings is 2. The highest BCUT2D eigenvalue weighted by molar-refractivity contribution is 5.75. The van der Waals surface area contributed by atoms with Gasteiger partial charge in [-0.05, 0) is 55.7 Å². The van der Waals surface area contributed by atoms with Crippen molar-refractivity contribution in [3.63, 3.8) is 0 Å². The molecule has 124 valence electrons. The molecule has 2 rings (SSSR count). The van der Waals surface area contributed by atoms with Crippen LogP contribution in [0.3, 0.4) is 0 Å². The third-order valence-electron chi connectivity index (χ3n) is 4.05. The molecule has 0 unspecified atom stereocenters. The van der Waals surface area contributed by atoms with Crippen LogP contribution in [-0.4, -0.2) is 12.8 Å². The van der Waals surface area contributed by atoms with E-state index in [9.17, 15) is 4.79 Å². The number of ether oxygens (including phenoxy) is 2. The summed E-state index contributed by atoms with van der Waals surface area (Å²) in [5.41, 5.74) is 2.19. The Bertz CT molecular complexity index is 725. The fourth-order valence-corrected chi connectivity index (χ4v) is 1.97. The summed E-state index contributed by atoms with van der Waals surface area (Å²) in [7, 11) is 0. The van der Waals surface area contributed by atoms with Gasteiger partial charge in [-0.1, -0.05) is 31.2 Å². The molecule has 0 N–H and O–H groups in total. The molecule has 2 aromatic carbocycles. The first kappa shape index (κ1) is 17.6. The van der Waals surface area contributed by atoms with Crippen molar-refractivity contribution in [2.45, 2.75) is 27.2 Å². The van der Waals surface area contributed by atoms with E-state index in [0.29, 0.717) is 17.7 Å². The average molecular weight is 323 g/mol. The lowest BCUT2D eigenvalue weighted by atomic mass is 9.91. The molecule has 0 fully saturated rings. The predicted molar refractivity (Wildman–Crippen MR) is 92.3 cm³/mol. The minimum absolute atomic E-state index is 0.0987. The number of rotatable bonds is 6. The van der Waals surface area contributed by atoms with Crippen LogP contribution >= 0.6 is 0 Å². The minimum Gasteiger partial charge on any atom is -0.457 e. The van der Waals surface area contributed by atoms with Gasteiger partial charge in [-0.25, -0.2) is 0 Å². The van der Waals surface area contributed by atoms with Crippen LogP contribution < -0.4 is 4.74 Å². The van der Waals surface area contributed by atoms with Gasteiger partial charge < -0.3 is 9.47 Å². The molecule has 0 aliphatic rings. The summed E-state index contributed by atoms with van der Waals surface area (Å²) in [6.45, 7) is 5.55. The number of hydrogen-bond donors (Lipinski definition) is 0. The van der Waals surface area contributed by atoms with Gasteiger partial charge in [0.2, 0.25) is 6.79 Å². The fourth-order valence-electron chi connectivity index (χ4n) is 1.97. The van der Waals surface area contributed by atoms with E-state index in [1.165, 1.54) is 0 Å². The van der Waals surface area contributed by atoms with Gasteiger partial charge in [0, 0.05) is 0 Å². The summed E-state index contributed by atoms with van der Waals surface area (Å²) in [5.74, 6) is 0.369. The molecule has 0 aromatic heterocycles. The normalized spacial score (nSPS) is 10.8. The Morgan fingerprint density at radius 1 is 1.04 bits per heavy atom. The van der Waals surface area contributed by atoms with Crippen LogP contribution in [0.1, 0.15) is 32.8 Å². The monoisotopic (exact) mass is 323 g/mol. The highest BCUT2D eigenvalue weighted by Crippen LogP contribution is 2.24. The van der Waals surface area contributed by atoms with E-state index in [-0.39, 0.29) is 12.8 Å². The maximum atomic E-state index is 11.9. The molecule has 0 amide bonds. The second-order valence-corrected chi connectivity index (χ2v) is 6.14. The number of hydrogen-bond acceptors (Lipinski definition) is 4. The second kappa shape index (κ2) is 7.65. The predicted octanol–water partition coefficient (Wildman–Crippen LogP) is 4.54. The van der Waals surface area contributed by atoms with Gasteiger partial charge in [-0.2, -0.15) is 5.26 Å². The molecule has 0 spiro atoms. The SMILES string of the molecule is CCC(C)(C)C(=O)OCOc1ccc(-c2ccc(C#N)cc2)cc1. The van der Waals surface area contributed by atoms with Crippen LogP contribution in [0.25, 0.3) is 11.1 Å². The molecule has 24 heavy (non-hydrogen) atoms. The maximum absolute atomic E-state index is 11.9. The number of carbonyl (C=O) groups excluding carboxylic acids is 1. The van der Waals surface area contributed by atoms with Gasteiger partial charge in [0.25, 0.3) is 0 Å². The van der Waals surface area contributed by atoms with E-state index in [1.54, 1.807) is 12.1 Å². The smallest absolute Gasteiger partial charge is 0.314 e. The molecule has 0 saturated carbocycles. The summed E-state index contributed by atoms with van der Waals surface area (Å²) < 4.78 is 10.6. The summed E-state index contributed by atoms with van der Waals surface area (Å²) >= 11 is 0. The van der Waals surface area contributed by atoms with Crippen LogP contribution in [0.2, 0.25) is 0 Å². The molecule has 0 saturated heterocycles. The van der Waals surface area contributed by atoms with Crippen LogP contribution in [-0.2, 0) is 9.53 Å². The van der Waals surface area contributed by atoms with E-state index in [2.05, 4.69) is 6.07 Å². The molecule has 0 bridgehead atoms. The zero-order valence-corrected chi connectivity index (χ0v) is 14.2. The Morgan fingerprint density at radius 2 is 1.58 bits per heavy atom. The number of esters is 1. The van der Waals surface area contributed by atoms with Crippen molar-refractivity contribution in [1.82, 2.24) is 0 Å².